The van der Waals surface area contributed by atoms with Gasteiger partial charge < -0.3 is 5.73 Å². The molecular weight excluding hydrogens is 350 g/mol. The van der Waals surface area contributed by atoms with Gasteiger partial charge in [-0.1, -0.05) is 45.7 Å². The number of hydrogen-bond acceptors (Lipinski definition) is 2. The lowest BCUT2D eigenvalue weighted by molar-refractivity contribution is 1.10. The zero-order valence-corrected chi connectivity index (χ0v) is 13.7. The van der Waals surface area contributed by atoms with Crippen molar-refractivity contribution in [3.05, 3.63) is 57.5 Å². The van der Waals surface area contributed by atoms with Gasteiger partial charge in [0.05, 0.1) is 11.3 Å². The molecule has 0 saturated heterocycles. The number of nitrogens with one attached hydrogen (secondary N) is 1. The number of benzene rings is 2. The van der Waals surface area contributed by atoms with Crippen molar-refractivity contribution >= 4 is 33.3 Å². The van der Waals surface area contributed by atoms with Crippen LogP contribution in [0.25, 0.3) is 22.4 Å². The van der Waals surface area contributed by atoms with Crippen LogP contribution in [0.3, 0.4) is 0 Å². The highest BCUT2D eigenvalue weighted by Crippen LogP contribution is 2.36. The van der Waals surface area contributed by atoms with Gasteiger partial charge in [-0.15, -0.1) is 0 Å². The molecule has 21 heavy (non-hydrogen) atoms. The van der Waals surface area contributed by atoms with Crippen LogP contribution < -0.4 is 5.73 Å². The van der Waals surface area contributed by atoms with Gasteiger partial charge in [0.2, 0.25) is 0 Å². The Bertz CT molecular complexity index is 794. The average molecular weight is 363 g/mol. The molecule has 3 nitrogen and oxygen atoms in total. The van der Waals surface area contributed by atoms with Gasteiger partial charge in [-0.2, -0.15) is 5.10 Å². The Labute approximate surface area is 136 Å². The summed E-state index contributed by atoms with van der Waals surface area (Å²) >= 11 is 9.46. The van der Waals surface area contributed by atoms with Crippen molar-refractivity contribution < 1.29 is 0 Å². The largest absolute Gasteiger partial charge is 0.382 e. The highest BCUT2D eigenvalue weighted by Gasteiger charge is 2.15. The lowest BCUT2D eigenvalue weighted by Crippen LogP contribution is -1.89. The molecule has 0 aliphatic carbocycles. The summed E-state index contributed by atoms with van der Waals surface area (Å²) in [6.45, 7) is 2.05. The van der Waals surface area contributed by atoms with Gasteiger partial charge >= 0.3 is 0 Å². The summed E-state index contributed by atoms with van der Waals surface area (Å²) in [7, 11) is 0. The summed E-state index contributed by atoms with van der Waals surface area (Å²) < 4.78 is 1.08. The number of aromatic nitrogens is 2. The van der Waals surface area contributed by atoms with Gasteiger partial charge in [0.15, 0.2) is 5.82 Å². The summed E-state index contributed by atoms with van der Waals surface area (Å²) in [4.78, 5) is 0. The zero-order chi connectivity index (χ0) is 15.0. The molecule has 5 heteroatoms. The molecule has 0 aliphatic heterocycles. The van der Waals surface area contributed by atoms with E-state index in [0.717, 1.165) is 32.4 Å². The first-order valence-corrected chi connectivity index (χ1v) is 7.59. The van der Waals surface area contributed by atoms with E-state index >= 15 is 0 Å². The fourth-order valence-electron chi connectivity index (χ4n) is 2.27. The molecule has 0 aliphatic rings. The van der Waals surface area contributed by atoms with Crippen molar-refractivity contribution in [1.29, 1.82) is 0 Å². The Morgan fingerprint density at radius 2 is 1.76 bits per heavy atom. The van der Waals surface area contributed by atoms with Crippen molar-refractivity contribution in [2.24, 2.45) is 0 Å². The van der Waals surface area contributed by atoms with Crippen LogP contribution in [-0.4, -0.2) is 10.2 Å². The Kier molecular flexibility index (Phi) is 3.74. The van der Waals surface area contributed by atoms with E-state index in [4.69, 9.17) is 17.3 Å². The van der Waals surface area contributed by atoms with Crippen molar-refractivity contribution in [3.8, 4) is 22.4 Å². The van der Waals surface area contributed by atoms with E-state index in [1.165, 1.54) is 0 Å². The van der Waals surface area contributed by atoms with E-state index in [2.05, 4.69) is 39.1 Å². The first-order valence-electron chi connectivity index (χ1n) is 6.42. The van der Waals surface area contributed by atoms with Crippen LogP contribution in [0.1, 0.15) is 5.56 Å². The van der Waals surface area contributed by atoms with E-state index in [9.17, 15) is 0 Å². The van der Waals surface area contributed by atoms with Crippen molar-refractivity contribution in [3.63, 3.8) is 0 Å². The van der Waals surface area contributed by atoms with Gasteiger partial charge in [0, 0.05) is 15.1 Å². The normalized spacial score (nSPS) is 10.8. The first kappa shape index (κ1) is 14.2. The van der Waals surface area contributed by atoms with E-state index in [1.54, 1.807) is 0 Å². The third-order valence-corrected chi connectivity index (χ3v) is 4.52. The van der Waals surface area contributed by atoms with Crippen LogP contribution in [0.2, 0.25) is 5.02 Å². The summed E-state index contributed by atoms with van der Waals surface area (Å²) in [6.07, 6.45) is 0. The molecule has 0 saturated carbocycles. The SMILES string of the molecule is Cc1cc(-c2[nH]nc(N)c2-c2ccc(Cl)cc2)ccc1Br. The molecule has 2 aromatic carbocycles. The molecule has 0 unspecified atom stereocenters. The number of rotatable bonds is 2. The van der Waals surface area contributed by atoms with Gasteiger partial charge in [-0.05, 0) is 42.3 Å². The number of halogens is 2. The van der Waals surface area contributed by atoms with Crippen molar-refractivity contribution in [1.82, 2.24) is 10.2 Å². The van der Waals surface area contributed by atoms with Crippen LogP contribution in [-0.2, 0) is 0 Å². The zero-order valence-electron chi connectivity index (χ0n) is 11.3. The average Bonchev–Trinajstić information content (AvgIpc) is 2.85. The summed E-state index contributed by atoms with van der Waals surface area (Å²) in [6, 6.07) is 13.7. The molecule has 3 N–H and O–H groups in total. The van der Waals surface area contributed by atoms with Crippen LogP contribution in [0.5, 0.6) is 0 Å². The third-order valence-electron chi connectivity index (χ3n) is 3.37. The standard InChI is InChI=1S/C16H13BrClN3/c1-9-8-11(4-7-13(9)17)15-14(16(19)21-20-15)10-2-5-12(18)6-3-10/h2-8H,1H3,(H3,19,20,21). The second kappa shape index (κ2) is 5.54. The number of nitrogens with zero attached hydrogens (tertiary/aromatic N) is 1. The highest BCUT2D eigenvalue weighted by atomic mass is 79.9. The predicted molar refractivity (Wildman–Crippen MR) is 91.3 cm³/mol. The van der Waals surface area contributed by atoms with Crippen molar-refractivity contribution in [2.45, 2.75) is 6.92 Å². The summed E-state index contributed by atoms with van der Waals surface area (Å²) in [5.41, 5.74) is 11.0. The van der Waals surface area contributed by atoms with Crippen LogP contribution in [0, 0.1) is 6.92 Å². The number of hydrogen-bond donors (Lipinski definition) is 2. The van der Waals surface area contributed by atoms with Crippen LogP contribution in [0.15, 0.2) is 46.9 Å². The van der Waals surface area contributed by atoms with Crippen LogP contribution >= 0.6 is 27.5 Å². The smallest absolute Gasteiger partial charge is 0.153 e. The maximum absolute atomic E-state index is 6.03. The maximum Gasteiger partial charge on any atom is 0.153 e. The first-order chi connectivity index (χ1) is 10.1. The summed E-state index contributed by atoms with van der Waals surface area (Å²) in [5.74, 6) is 0.480. The fraction of sp³-hybridized carbons (Fsp3) is 0.0625. The Balaban J connectivity index is 2.16. The van der Waals surface area contributed by atoms with E-state index in [-0.39, 0.29) is 0 Å². The lowest BCUT2D eigenvalue weighted by Gasteiger charge is -2.07. The maximum atomic E-state index is 6.03. The monoisotopic (exact) mass is 361 g/mol. The molecule has 0 radical (unpaired) electrons. The third kappa shape index (κ3) is 2.69. The molecule has 3 rings (SSSR count). The minimum Gasteiger partial charge on any atom is -0.382 e. The van der Waals surface area contributed by atoms with Gasteiger partial charge in [0.1, 0.15) is 0 Å². The van der Waals surface area contributed by atoms with E-state index < -0.39 is 0 Å². The molecule has 0 fully saturated rings. The molecule has 0 amide bonds. The second-order valence-corrected chi connectivity index (χ2v) is 6.12. The Hall–Kier alpha value is -1.78. The van der Waals surface area contributed by atoms with Gasteiger partial charge in [-0.3, -0.25) is 5.10 Å². The summed E-state index contributed by atoms with van der Waals surface area (Å²) in [5, 5.41) is 7.87. The molecule has 1 aromatic heterocycles. The molecule has 3 aromatic rings. The minimum atomic E-state index is 0.480. The minimum absolute atomic E-state index is 0.480. The molecule has 0 bridgehead atoms. The number of aromatic amines is 1. The predicted octanol–water partition coefficient (Wildman–Crippen LogP) is 5.05. The quantitative estimate of drug-likeness (QED) is 0.670. The van der Waals surface area contributed by atoms with Gasteiger partial charge in [-0.25, -0.2) is 0 Å². The number of anilines is 1. The number of H-pyrrole nitrogens is 1. The molecule has 1 heterocycles. The second-order valence-electron chi connectivity index (χ2n) is 4.83. The van der Waals surface area contributed by atoms with E-state index in [0.29, 0.717) is 10.8 Å². The number of aryl methyl sites for hydroxylation is 1. The van der Waals surface area contributed by atoms with E-state index in [1.807, 2.05) is 36.4 Å². The highest BCUT2D eigenvalue weighted by molar-refractivity contribution is 9.10. The molecule has 0 spiro atoms. The molecule has 0 atom stereocenters. The Morgan fingerprint density at radius 1 is 1.10 bits per heavy atom. The fourth-order valence-corrected chi connectivity index (χ4v) is 2.65. The number of nitrogens with two attached hydrogens (primary N) is 1. The lowest BCUT2D eigenvalue weighted by atomic mass is 10.00. The van der Waals surface area contributed by atoms with Gasteiger partial charge in [0.25, 0.3) is 0 Å². The topological polar surface area (TPSA) is 54.7 Å². The van der Waals surface area contributed by atoms with Crippen LogP contribution in [0.4, 0.5) is 5.82 Å². The molecular formula is C16H13BrClN3. The number of nitrogen functional groups attached to an aromatic ring is 1. The van der Waals surface area contributed by atoms with Crippen molar-refractivity contribution in [2.75, 3.05) is 5.73 Å². The molecule has 106 valence electrons. The Morgan fingerprint density at radius 3 is 2.43 bits per heavy atom.